The van der Waals surface area contributed by atoms with Crippen LogP contribution in [-0.2, 0) is 4.79 Å². The summed E-state index contributed by atoms with van der Waals surface area (Å²) in [5.74, 6) is -0.544. The Balaban J connectivity index is 2.27. The van der Waals surface area contributed by atoms with Gasteiger partial charge in [0.05, 0.1) is 11.6 Å². The van der Waals surface area contributed by atoms with E-state index in [0.29, 0.717) is 12.2 Å². The molecular weight excluding hydrogens is 255 g/mol. The fraction of sp³-hybridized carbons (Fsp3) is 0.462. The van der Waals surface area contributed by atoms with Crippen LogP contribution < -0.4 is 10.6 Å². The largest absolute Gasteiger partial charge is 0.376 e. The first-order chi connectivity index (χ1) is 8.63. The predicted octanol–water partition coefficient (Wildman–Crippen LogP) is 3.20. The van der Waals surface area contributed by atoms with Crippen LogP contribution in [0.4, 0.5) is 10.1 Å². The van der Waals surface area contributed by atoms with Crippen molar-refractivity contribution in [2.24, 2.45) is 0 Å². The third kappa shape index (κ3) is 5.36. The number of carbonyl (C=O) groups excluding carboxylic acids is 1. The first kappa shape index (κ1) is 14.8. The molecule has 100 valence electrons. The molecule has 3 nitrogen and oxygen atoms in total. The number of amides is 1. The zero-order chi connectivity index (χ0) is 13.4. The standard InChI is InChI=1S/C13H18ClFN2O/c1-2-3-4-7-16-13(18)9-17-10-5-6-12(15)11(14)8-10/h5-6,8,17H,2-4,7,9H2,1H3,(H,16,18). The van der Waals surface area contributed by atoms with E-state index in [9.17, 15) is 9.18 Å². The lowest BCUT2D eigenvalue weighted by molar-refractivity contribution is -0.119. The van der Waals surface area contributed by atoms with E-state index in [1.165, 1.54) is 12.1 Å². The van der Waals surface area contributed by atoms with Crippen molar-refractivity contribution in [1.82, 2.24) is 5.32 Å². The number of carbonyl (C=O) groups is 1. The van der Waals surface area contributed by atoms with Gasteiger partial charge in [-0.3, -0.25) is 4.79 Å². The van der Waals surface area contributed by atoms with Crippen molar-refractivity contribution in [1.29, 1.82) is 0 Å². The molecule has 0 atom stereocenters. The van der Waals surface area contributed by atoms with E-state index in [1.807, 2.05) is 0 Å². The highest BCUT2D eigenvalue weighted by molar-refractivity contribution is 6.31. The number of rotatable bonds is 7. The van der Waals surface area contributed by atoms with Gasteiger partial charge in [0.2, 0.25) is 5.91 Å². The third-order valence-electron chi connectivity index (χ3n) is 2.48. The molecule has 1 aromatic rings. The van der Waals surface area contributed by atoms with Crippen molar-refractivity contribution in [2.75, 3.05) is 18.4 Å². The Morgan fingerprint density at radius 3 is 2.83 bits per heavy atom. The Hall–Kier alpha value is -1.29. The van der Waals surface area contributed by atoms with Crippen molar-refractivity contribution >= 4 is 23.2 Å². The lowest BCUT2D eigenvalue weighted by Crippen LogP contribution is -2.30. The highest BCUT2D eigenvalue weighted by Crippen LogP contribution is 2.18. The zero-order valence-corrected chi connectivity index (χ0v) is 11.2. The van der Waals surface area contributed by atoms with Gasteiger partial charge in [-0.1, -0.05) is 31.4 Å². The molecule has 0 unspecified atom stereocenters. The summed E-state index contributed by atoms with van der Waals surface area (Å²) in [6.07, 6.45) is 3.23. The van der Waals surface area contributed by atoms with Crippen molar-refractivity contribution in [2.45, 2.75) is 26.2 Å². The Morgan fingerprint density at radius 1 is 1.39 bits per heavy atom. The normalized spacial score (nSPS) is 10.2. The molecule has 0 spiro atoms. The fourth-order valence-corrected chi connectivity index (χ4v) is 1.63. The Labute approximate surface area is 112 Å². The Kier molecular flexibility index (Phi) is 6.50. The molecule has 0 aliphatic heterocycles. The predicted molar refractivity (Wildman–Crippen MR) is 72.4 cm³/mol. The van der Waals surface area contributed by atoms with Gasteiger partial charge in [0.15, 0.2) is 0 Å². The van der Waals surface area contributed by atoms with Gasteiger partial charge < -0.3 is 10.6 Å². The number of nitrogens with one attached hydrogen (secondary N) is 2. The van der Waals surface area contributed by atoms with Gasteiger partial charge in [0, 0.05) is 12.2 Å². The molecular formula is C13H18ClFN2O. The van der Waals surface area contributed by atoms with E-state index in [4.69, 9.17) is 11.6 Å². The van der Waals surface area contributed by atoms with Crippen LogP contribution >= 0.6 is 11.6 Å². The minimum absolute atomic E-state index is 0.0448. The first-order valence-electron chi connectivity index (χ1n) is 6.09. The molecule has 1 amide bonds. The van der Waals surface area contributed by atoms with Crippen LogP contribution in [-0.4, -0.2) is 19.0 Å². The maximum Gasteiger partial charge on any atom is 0.239 e. The van der Waals surface area contributed by atoms with Gasteiger partial charge >= 0.3 is 0 Å². The second-order valence-electron chi connectivity index (χ2n) is 4.04. The van der Waals surface area contributed by atoms with Gasteiger partial charge in [-0.15, -0.1) is 0 Å². The number of halogens is 2. The molecule has 0 saturated heterocycles. The summed E-state index contributed by atoms with van der Waals surface area (Å²) in [6, 6.07) is 4.27. The van der Waals surface area contributed by atoms with Gasteiger partial charge in [-0.25, -0.2) is 4.39 Å². The van der Waals surface area contributed by atoms with Gasteiger partial charge in [0.25, 0.3) is 0 Å². The molecule has 0 radical (unpaired) electrons. The average molecular weight is 273 g/mol. The minimum Gasteiger partial charge on any atom is -0.376 e. The smallest absolute Gasteiger partial charge is 0.239 e. The second kappa shape index (κ2) is 7.93. The molecule has 0 aliphatic carbocycles. The van der Waals surface area contributed by atoms with E-state index in [2.05, 4.69) is 17.6 Å². The van der Waals surface area contributed by atoms with Crippen LogP contribution in [0, 0.1) is 5.82 Å². The molecule has 0 fully saturated rings. The zero-order valence-electron chi connectivity index (χ0n) is 10.4. The fourth-order valence-electron chi connectivity index (χ4n) is 1.45. The maximum absolute atomic E-state index is 12.9. The summed E-state index contributed by atoms with van der Waals surface area (Å²) in [5.41, 5.74) is 0.630. The minimum atomic E-state index is -0.466. The van der Waals surface area contributed by atoms with Crippen LogP contribution in [0.15, 0.2) is 18.2 Å². The van der Waals surface area contributed by atoms with Gasteiger partial charge in [0.1, 0.15) is 5.82 Å². The van der Waals surface area contributed by atoms with E-state index >= 15 is 0 Å². The molecule has 1 aromatic carbocycles. The molecule has 18 heavy (non-hydrogen) atoms. The maximum atomic E-state index is 12.9. The highest BCUT2D eigenvalue weighted by atomic mass is 35.5. The average Bonchev–Trinajstić information content (AvgIpc) is 2.36. The highest BCUT2D eigenvalue weighted by Gasteiger charge is 2.03. The summed E-state index contributed by atoms with van der Waals surface area (Å²) in [6.45, 7) is 2.97. The van der Waals surface area contributed by atoms with Crippen LogP contribution in [0.1, 0.15) is 26.2 Å². The van der Waals surface area contributed by atoms with Crippen LogP contribution in [0.25, 0.3) is 0 Å². The van der Waals surface area contributed by atoms with E-state index in [0.717, 1.165) is 19.3 Å². The molecule has 5 heteroatoms. The van der Waals surface area contributed by atoms with Crippen molar-refractivity contribution in [3.05, 3.63) is 29.0 Å². The van der Waals surface area contributed by atoms with Gasteiger partial charge in [-0.2, -0.15) is 0 Å². The first-order valence-corrected chi connectivity index (χ1v) is 6.47. The summed E-state index contributed by atoms with van der Waals surface area (Å²) in [5, 5.41) is 5.74. The van der Waals surface area contributed by atoms with Gasteiger partial charge in [-0.05, 0) is 24.6 Å². The SMILES string of the molecule is CCCCCNC(=O)CNc1ccc(F)c(Cl)c1. The number of anilines is 1. The van der Waals surface area contributed by atoms with E-state index in [1.54, 1.807) is 6.07 Å². The van der Waals surface area contributed by atoms with E-state index in [-0.39, 0.29) is 17.5 Å². The summed E-state index contributed by atoms with van der Waals surface area (Å²) in [4.78, 5) is 11.5. The summed E-state index contributed by atoms with van der Waals surface area (Å²) < 4.78 is 12.9. The summed E-state index contributed by atoms with van der Waals surface area (Å²) >= 11 is 5.63. The number of hydrogen-bond donors (Lipinski definition) is 2. The lowest BCUT2D eigenvalue weighted by Gasteiger charge is -2.08. The topological polar surface area (TPSA) is 41.1 Å². The molecule has 1 rings (SSSR count). The van der Waals surface area contributed by atoms with Crippen molar-refractivity contribution in [3.8, 4) is 0 Å². The Bertz CT molecular complexity index is 399. The van der Waals surface area contributed by atoms with Crippen molar-refractivity contribution < 1.29 is 9.18 Å². The molecule has 0 aromatic heterocycles. The summed E-state index contributed by atoms with van der Waals surface area (Å²) in [7, 11) is 0. The molecule has 0 heterocycles. The molecule has 0 bridgehead atoms. The molecule has 2 N–H and O–H groups in total. The van der Waals surface area contributed by atoms with Crippen LogP contribution in [0.2, 0.25) is 5.02 Å². The number of unbranched alkanes of at least 4 members (excludes halogenated alkanes) is 2. The number of benzene rings is 1. The molecule has 0 aliphatic rings. The van der Waals surface area contributed by atoms with Crippen LogP contribution in [0.5, 0.6) is 0 Å². The second-order valence-corrected chi connectivity index (χ2v) is 4.45. The monoisotopic (exact) mass is 272 g/mol. The third-order valence-corrected chi connectivity index (χ3v) is 2.76. The van der Waals surface area contributed by atoms with E-state index < -0.39 is 5.82 Å². The quantitative estimate of drug-likeness (QED) is 0.749. The van der Waals surface area contributed by atoms with Crippen molar-refractivity contribution in [3.63, 3.8) is 0 Å². The number of hydrogen-bond acceptors (Lipinski definition) is 2. The Morgan fingerprint density at radius 2 is 2.17 bits per heavy atom. The lowest BCUT2D eigenvalue weighted by atomic mass is 10.2. The molecule has 0 saturated carbocycles. The van der Waals surface area contributed by atoms with Crippen LogP contribution in [0.3, 0.4) is 0 Å².